The summed E-state index contributed by atoms with van der Waals surface area (Å²) >= 11 is 0. The molecular formula is C25H49NO5S. The minimum absolute atomic E-state index is 0.288. The number of carbonyl (C=O) groups is 1. The highest BCUT2D eigenvalue weighted by atomic mass is 32.2. The van der Waals surface area contributed by atoms with Gasteiger partial charge in [0.25, 0.3) is 10.1 Å². The van der Waals surface area contributed by atoms with Crippen molar-refractivity contribution in [3.8, 4) is 0 Å². The van der Waals surface area contributed by atoms with Crippen molar-refractivity contribution in [3.05, 3.63) is 12.2 Å². The van der Waals surface area contributed by atoms with Gasteiger partial charge in [0.15, 0.2) is 0 Å². The van der Waals surface area contributed by atoms with Gasteiger partial charge >= 0.3 is 0 Å². The highest BCUT2D eigenvalue weighted by Gasteiger charge is 2.24. The Morgan fingerprint density at radius 1 is 0.812 bits per heavy atom. The van der Waals surface area contributed by atoms with Crippen LogP contribution in [0.2, 0.25) is 0 Å². The first-order chi connectivity index (χ1) is 15.3. The van der Waals surface area contributed by atoms with E-state index >= 15 is 0 Å². The Labute approximate surface area is 197 Å². The van der Waals surface area contributed by atoms with Crippen molar-refractivity contribution in [2.24, 2.45) is 0 Å². The van der Waals surface area contributed by atoms with E-state index < -0.39 is 28.0 Å². The fourth-order valence-electron chi connectivity index (χ4n) is 3.74. The number of allylic oxidation sites excluding steroid dienone is 1. The largest absolute Gasteiger partial charge is 0.387 e. The zero-order chi connectivity index (χ0) is 24.1. The van der Waals surface area contributed by atoms with Crippen molar-refractivity contribution in [2.75, 3.05) is 5.75 Å². The second kappa shape index (κ2) is 20.7. The van der Waals surface area contributed by atoms with Crippen molar-refractivity contribution in [3.63, 3.8) is 0 Å². The van der Waals surface area contributed by atoms with E-state index in [1.54, 1.807) is 6.08 Å². The Kier molecular flexibility index (Phi) is 20.1. The number of unbranched alkanes of at least 4 members (excludes halogenated alkanes) is 14. The van der Waals surface area contributed by atoms with Crippen LogP contribution in [0.4, 0.5) is 0 Å². The molecule has 0 aromatic heterocycles. The maximum atomic E-state index is 12.2. The van der Waals surface area contributed by atoms with E-state index in [1.165, 1.54) is 63.9 Å². The zero-order valence-corrected chi connectivity index (χ0v) is 21.4. The van der Waals surface area contributed by atoms with Crippen LogP contribution in [-0.2, 0) is 14.9 Å². The van der Waals surface area contributed by atoms with E-state index in [0.29, 0.717) is 6.42 Å². The first-order valence-electron chi connectivity index (χ1n) is 12.9. The van der Waals surface area contributed by atoms with Gasteiger partial charge in [-0.15, -0.1) is 0 Å². The molecule has 0 spiro atoms. The number of nitrogens with one attached hydrogen (secondary N) is 1. The topological polar surface area (TPSA) is 104 Å². The molecule has 0 aliphatic carbocycles. The molecule has 1 amide bonds. The lowest BCUT2D eigenvalue weighted by Crippen LogP contribution is -2.46. The molecule has 0 rings (SSSR count). The van der Waals surface area contributed by atoms with Gasteiger partial charge in [0, 0.05) is 6.42 Å². The summed E-state index contributed by atoms with van der Waals surface area (Å²) in [6, 6.07) is -1.04. The molecule has 0 fully saturated rings. The first-order valence-corrected chi connectivity index (χ1v) is 14.5. The van der Waals surface area contributed by atoms with Crippen molar-refractivity contribution in [2.45, 2.75) is 135 Å². The lowest BCUT2D eigenvalue weighted by molar-refractivity contribution is -0.122. The molecule has 0 aromatic carbocycles. The number of hydrogen-bond donors (Lipinski definition) is 3. The van der Waals surface area contributed by atoms with Crippen molar-refractivity contribution < 1.29 is 22.9 Å². The smallest absolute Gasteiger partial charge is 0.267 e. The molecule has 0 saturated heterocycles. The van der Waals surface area contributed by atoms with E-state index in [0.717, 1.165) is 44.9 Å². The van der Waals surface area contributed by atoms with Crippen LogP contribution in [0.1, 0.15) is 123 Å². The molecule has 0 aromatic rings. The minimum Gasteiger partial charge on any atom is -0.387 e. The molecule has 7 heteroatoms. The number of aliphatic hydroxyl groups is 1. The predicted molar refractivity (Wildman–Crippen MR) is 133 cm³/mol. The molecule has 3 N–H and O–H groups in total. The molecule has 0 aliphatic rings. The Hall–Kier alpha value is -0.920. The van der Waals surface area contributed by atoms with Crippen molar-refractivity contribution in [1.82, 2.24) is 5.32 Å². The van der Waals surface area contributed by atoms with Crippen LogP contribution < -0.4 is 5.32 Å². The van der Waals surface area contributed by atoms with Gasteiger partial charge in [-0.1, -0.05) is 109 Å². The molecule has 6 nitrogen and oxygen atoms in total. The van der Waals surface area contributed by atoms with Crippen LogP contribution in [0, 0.1) is 0 Å². The number of rotatable bonds is 22. The Bertz CT molecular complexity index is 577. The van der Waals surface area contributed by atoms with Crippen LogP contribution in [0.3, 0.4) is 0 Å². The summed E-state index contributed by atoms with van der Waals surface area (Å²) in [5, 5.41) is 12.9. The van der Waals surface area contributed by atoms with Crippen molar-refractivity contribution >= 4 is 16.0 Å². The predicted octanol–water partition coefficient (Wildman–Crippen LogP) is 5.95. The van der Waals surface area contributed by atoms with Crippen LogP contribution >= 0.6 is 0 Å². The van der Waals surface area contributed by atoms with Gasteiger partial charge < -0.3 is 10.4 Å². The van der Waals surface area contributed by atoms with E-state index in [-0.39, 0.29) is 5.91 Å². The summed E-state index contributed by atoms with van der Waals surface area (Å²) in [7, 11) is -4.31. The number of carbonyl (C=O) groups excluding carboxylic acids is 1. The number of hydrogen-bond acceptors (Lipinski definition) is 4. The Morgan fingerprint density at radius 2 is 1.28 bits per heavy atom. The van der Waals surface area contributed by atoms with Crippen LogP contribution in [0.25, 0.3) is 0 Å². The van der Waals surface area contributed by atoms with Gasteiger partial charge in [0.1, 0.15) is 0 Å². The molecule has 32 heavy (non-hydrogen) atoms. The lowest BCUT2D eigenvalue weighted by Gasteiger charge is -2.21. The maximum absolute atomic E-state index is 12.2. The fourth-order valence-corrected chi connectivity index (χ4v) is 4.47. The summed E-state index contributed by atoms with van der Waals surface area (Å²) in [6.45, 7) is 4.34. The summed E-state index contributed by atoms with van der Waals surface area (Å²) in [5.74, 6) is -0.985. The summed E-state index contributed by atoms with van der Waals surface area (Å²) in [5.41, 5.74) is 0. The summed E-state index contributed by atoms with van der Waals surface area (Å²) in [4.78, 5) is 12.2. The molecule has 2 atom stereocenters. The molecule has 0 saturated carbocycles. The first kappa shape index (κ1) is 31.1. The van der Waals surface area contributed by atoms with Gasteiger partial charge in [-0.25, -0.2) is 0 Å². The van der Waals surface area contributed by atoms with Crippen LogP contribution in [0.5, 0.6) is 0 Å². The molecule has 0 aliphatic heterocycles. The maximum Gasteiger partial charge on any atom is 0.267 e. The van der Waals surface area contributed by atoms with Gasteiger partial charge in [-0.05, 0) is 19.3 Å². The van der Waals surface area contributed by atoms with Crippen molar-refractivity contribution in [1.29, 1.82) is 0 Å². The van der Waals surface area contributed by atoms with E-state index in [2.05, 4.69) is 19.2 Å². The highest BCUT2D eigenvalue weighted by molar-refractivity contribution is 7.85. The summed E-state index contributed by atoms with van der Waals surface area (Å²) in [6.07, 6.45) is 20.9. The number of aliphatic hydroxyl groups excluding tert-OH is 1. The average Bonchev–Trinajstić information content (AvgIpc) is 2.72. The van der Waals surface area contributed by atoms with Gasteiger partial charge in [-0.2, -0.15) is 8.42 Å². The van der Waals surface area contributed by atoms with Gasteiger partial charge in [-0.3, -0.25) is 9.35 Å². The van der Waals surface area contributed by atoms with Gasteiger partial charge in [0.05, 0.1) is 17.9 Å². The van der Waals surface area contributed by atoms with Gasteiger partial charge in [0.2, 0.25) is 5.91 Å². The van der Waals surface area contributed by atoms with E-state index in [9.17, 15) is 18.3 Å². The standard InChI is InChI=1S/C25H49NO5S/c1-3-5-7-9-10-11-12-13-14-15-17-19-21-25(28)26-23(22-32(29,30)31)24(27)20-18-16-8-6-4-2/h18,20,23-24,27H,3-17,19,21-22H2,1-2H3,(H,26,28)(H,29,30,31)/b20-18+. The third-order valence-electron chi connectivity index (χ3n) is 5.71. The van der Waals surface area contributed by atoms with Crippen LogP contribution in [-0.4, -0.2) is 41.9 Å². The van der Waals surface area contributed by atoms with Crippen LogP contribution in [0.15, 0.2) is 12.2 Å². The highest BCUT2D eigenvalue weighted by Crippen LogP contribution is 2.13. The molecule has 0 bridgehead atoms. The van der Waals surface area contributed by atoms with E-state index in [1.807, 2.05) is 0 Å². The Balaban J connectivity index is 4.06. The molecular weight excluding hydrogens is 426 g/mol. The fraction of sp³-hybridized carbons (Fsp3) is 0.880. The second-order valence-corrected chi connectivity index (χ2v) is 10.5. The molecule has 0 radical (unpaired) electrons. The lowest BCUT2D eigenvalue weighted by atomic mass is 10.0. The summed E-state index contributed by atoms with van der Waals surface area (Å²) < 4.78 is 31.7. The molecule has 0 heterocycles. The van der Waals surface area contributed by atoms with E-state index in [4.69, 9.17) is 4.55 Å². The Morgan fingerprint density at radius 3 is 1.78 bits per heavy atom. The average molecular weight is 476 g/mol. The second-order valence-electron chi connectivity index (χ2n) is 8.98. The number of amides is 1. The SMILES string of the molecule is CCCCC/C=C/C(O)C(CS(=O)(=O)O)NC(=O)CCCCCCCCCCCCCC. The minimum atomic E-state index is -4.31. The third-order valence-corrected chi connectivity index (χ3v) is 6.49. The third kappa shape index (κ3) is 21.0. The zero-order valence-electron chi connectivity index (χ0n) is 20.6. The molecule has 2 unspecified atom stereocenters. The normalized spacial score (nSPS) is 14.0. The monoisotopic (exact) mass is 475 g/mol. The quantitative estimate of drug-likeness (QED) is 0.102. The molecule has 190 valence electrons.